The van der Waals surface area contributed by atoms with Crippen molar-refractivity contribution in [2.24, 2.45) is 0 Å². The molecular formula is C18H9Cl2N3O. The normalized spacial score (nSPS) is 12.6. The molecule has 0 aromatic heterocycles. The number of para-hydroxylation sites is 1. The number of fused-ring (bicyclic) bond motifs is 1. The summed E-state index contributed by atoms with van der Waals surface area (Å²) < 4.78 is 0. The van der Waals surface area contributed by atoms with E-state index in [0.29, 0.717) is 21.3 Å². The van der Waals surface area contributed by atoms with E-state index >= 15 is 0 Å². The molecule has 24 heavy (non-hydrogen) atoms. The van der Waals surface area contributed by atoms with Gasteiger partial charge in [0.05, 0.1) is 27.9 Å². The minimum atomic E-state index is -0.375. The van der Waals surface area contributed by atoms with Gasteiger partial charge < -0.3 is 4.90 Å². The van der Waals surface area contributed by atoms with Crippen molar-refractivity contribution in [2.75, 3.05) is 4.90 Å². The van der Waals surface area contributed by atoms with E-state index in [1.165, 1.54) is 4.90 Å². The van der Waals surface area contributed by atoms with Gasteiger partial charge in [-0.05, 0) is 23.8 Å². The quantitative estimate of drug-likeness (QED) is 0.595. The number of halogens is 2. The van der Waals surface area contributed by atoms with E-state index in [1.807, 2.05) is 0 Å². The first kappa shape index (κ1) is 16.1. The van der Waals surface area contributed by atoms with Crippen molar-refractivity contribution in [3.63, 3.8) is 0 Å². The van der Waals surface area contributed by atoms with E-state index in [2.05, 4.69) is 0 Å². The lowest BCUT2D eigenvalue weighted by atomic mass is 10.0. The predicted octanol–water partition coefficient (Wildman–Crippen LogP) is 4.34. The van der Waals surface area contributed by atoms with Gasteiger partial charge in [0.15, 0.2) is 0 Å². The maximum Gasteiger partial charge on any atom is 0.261 e. The molecule has 1 aliphatic heterocycles. The van der Waals surface area contributed by atoms with Crippen molar-refractivity contribution in [1.82, 2.24) is 0 Å². The summed E-state index contributed by atoms with van der Waals surface area (Å²) in [6.45, 7) is 0.264. The van der Waals surface area contributed by atoms with Crippen molar-refractivity contribution in [2.45, 2.75) is 6.54 Å². The van der Waals surface area contributed by atoms with E-state index in [-0.39, 0.29) is 23.6 Å². The van der Waals surface area contributed by atoms with Crippen molar-refractivity contribution in [1.29, 1.82) is 10.5 Å². The number of anilines is 1. The van der Waals surface area contributed by atoms with Gasteiger partial charge in [-0.2, -0.15) is 10.5 Å². The summed E-state index contributed by atoms with van der Waals surface area (Å²) >= 11 is 11.9. The molecule has 0 aliphatic carbocycles. The van der Waals surface area contributed by atoms with Crippen LogP contribution in [0.1, 0.15) is 11.1 Å². The number of amides is 1. The Bertz CT molecular complexity index is 951. The molecule has 1 heterocycles. The first-order chi connectivity index (χ1) is 11.6. The Kier molecular flexibility index (Phi) is 4.27. The summed E-state index contributed by atoms with van der Waals surface area (Å²) in [6, 6.07) is 15.8. The van der Waals surface area contributed by atoms with Crippen LogP contribution in [0, 0.1) is 22.7 Å². The highest BCUT2D eigenvalue weighted by atomic mass is 35.5. The monoisotopic (exact) mass is 353 g/mol. The molecule has 0 saturated carbocycles. The summed E-state index contributed by atoms with van der Waals surface area (Å²) in [5.41, 5.74) is 1.98. The topological polar surface area (TPSA) is 67.9 Å². The molecule has 0 atom stereocenters. The largest absolute Gasteiger partial charge is 0.303 e. The minimum absolute atomic E-state index is 0.135. The fraction of sp³-hybridized carbons (Fsp3) is 0.0556. The van der Waals surface area contributed by atoms with Gasteiger partial charge in [-0.1, -0.05) is 47.5 Å². The Morgan fingerprint density at radius 2 is 1.75 bits per heavy atom. The van der Waals surface area contributed by atoms with Crippen LogP contribution in [0.15, 0.2) is 48.0 Å². The third-order valence-electron chi connectivity index (χ3n) is 3.72. The second-order valence-electron chi connectivity index (χ2n) is 5.13. The molecule has 0 N–H and O–H groups in total. The molecule has 0 fully saturated rings. The van der Waals surface area contributed by atoms with Crippen LogP contribution in [0.5, 0.6) is 0 Å². The third kappa shape index (κ3) is 2.63. The molecule has 116 valence electrons. The molecule has 6 heteroatoms. The van der Waals surface area contributed by atoms with Gasteiger partial charge in [0.2, 0.25) is 0 Å². The lowest BCUT2D eigenvalue weighted by Crippen LogP contribution is -2.26. The van der Waals surface area contributed by atoms with Crippen LogP contribution < -0.4 is 4.90 Å². The maximum atomic E-state index is 12.8. The van der Waals surface area contributed by atoms with Gasteiger partial charge in [0, 0.05) is 5.56 Å². The van der Waals surface area contributed by atoms with E-state index < -0.39 is 0 Å². The molecule has 1 aliphatic rings. The number of nitriles is 2. The summed E-state index contributed by atoms with van der Waals surface area (Å²) in [7, 11) is 0. The Morgan fingerprint density at radius 1 is 1.04 bits per heavy atom. The molecule has 0 radical (unpaired) electrons. The number of carbonyl (C=O) groups is 1. The SMILES string of the molecule is N#CC(C#N)=C1C(=O)N(Cc2ccc(Cl)c(Cl)c2)c2ccccc21. The first-order valence-corrected chi connectivity index (χ1v) is 7.72. The number of hydrogen-bond acceptors (Lipinski definition) is 3. The predicted molar refractivity (Wildman–Crippen MR) is 92.2 cm³/mol. The zero-order chi connectivity index (χ0) is 17.3. The number of hydrogen-bond donors (Lipinski definition) is 0. The molecule has 0 spiro atoms. The number of benzene rings is 2. The summed E-state index contributed by atoms with van der Waals surface area (Å²) in [4.78, 5) is 14.3. The molecule has 1 amide bonds. The number of carbonyl (C=O) groups excluding carboxylic acids is 1. The Labute approximate surface area is 148 Å². The number of nitrogens with zero attached hydrogens (tertiary/aromatic N) is 3. The molecule has 3 rings (SSSR count). The Morgan fingerprint density at radius 3 is 2.42 bits per heavy atom. The zero-order valence-electron chi connectivity index (χ0n) is 12.3. The van der Waals surface area contributed by atoms with E-state index in [0.717, 1.165) is 5.56 Å². The van der Waals surface area contributed by atoms with Crippen molar-refractivity contribution in [3.8, 4) is 12.1 Å². The van der Waals surface area contributed by atoms with Crippen molar-refractivity contribution < 1.29 is 4.79 Å². The summed E-state index contributed by atoms with van der Waals surface area (Å²) in [5.74, 6) is -0.375. The van der Waals surface area contributed by atoms with E-state index in [9.17, 15) is 4.79 Å². The Hall–Kier alpha value is -2.79. The van der Waals surface area contributed by atoms with Crippen molar-refractivity contribution >= 4 is 40.4 Å². The second kappa shape index (κ2) is 6.37. The van der Waals surface area contributed by atoms with E-state index in [4.69, 9.17) is 33.7 Å². The van der Waals surface area contributed by atoms with Gasteiger partial charge in [-0.25, -0.2) is 0 Å². The van der Waals surface area contributed by atoms with Crippen LogP contribution in [0.2, 0.25) is 10.0 Å². The standard InChI is InChI=1S/C18H9Cl2N3O/c19-14-6-5-11(7-15(14)20)10-23-16-4-2-1-3-13(16)17(18(23)24)12(8-21)9-22/h1-7H,10H2. The van der Waals surface area contributed by atoms with Gasteiger partial charge in [0.1, 0.15) is 17.7 Å². The molecule has 2 aromatic carbocycles. The lowest BCUT2D eigenvalue weighted by Gasteiger charge is -2.17. The van der Waals surface area contributed by atoms with Crippen molar-refractivity contribution in [3.05, 3.63) is 69.2 Å². The molecule has 0 saturated heterocycles. The van der Waals surface area contributed by atoms with Gasteiger partial charge in [-0.15, -0.1) is 0 Å². The fourth-order valence-corrected chi connectivity index (χ4v) is 2.96. The minimum Gasteiger partial charge on any atom is -0.303 e. The van der Waals surface area contributed by atoms with Gasteiger partial charge in [0.25, 0.3) is 5.91 Å². The van der Waals surface area contributed by atoms with Crippen LogP contribution in [-0.4, -0.2) is 5.91 Å². The third-order valence-corrected chi connectivity index (χ3v) is 4.46. The highest BCUT2D eigenvalue weighted by Gasteiger charge is 2.34. The van der Waals surface area contributed by atoms with Crippen LogP contribution >= 0.6 is 23.2 Å². The molecule has 2 aromatic rings. The average molecular weight is 354 g/mol. The average Bonchev–Trinajstić information content (AvgIpc) is 2.86. The summed E-state index contributed by atoms with van der Waals surface area (Å²) in [6.07, 6.45) is 0. The molecular weight excluding hydrogens is 345 g/mol. The maximum absolute atomic E-state index is 12.8. The van der Waals surface area contributed by atoms with Crippen LogP contribution in [-0.2, 0) is 11.3 Å². The lowest BCUT2D eigenvalue weighted by molar-refractivity contribution is -0.113. The number of rotatable bonds is 2. The fourth-order valence-electron chi connectivity index (χ4n) is 2.64. The van der Waals surface area contributed by atoms with Gasteiger partial charge >= 0.3 is 0 Å². The summed E-state index contributed by atoms with van der Waals surface area (Å²) in [5, 5.41) is 19.1. The zero-order valence-corrected chi connectivity index (χ0v) is 13.8. The van der Waals surface area contributed by atoms with Crippen LogP contribution in [0.25, 0.3) is 5.57 Å². The highest BCUT2D eigenvalue weighted by Crippen LogP contribution is 2.39. The van der Waals surface area contributed by atoms with Crippen LogP contribution in [0.4, 0.5) is 5.69 Å². The Balaban J connectivity index is 2.09. The highest BCUT2D eigenvalue weighted by molar-refractivity contribution is 6.42. The molecule has 0 bridgehead atoms. The molecule has 4 nitrogen and oxygen atoms in total. The smallest absolute Gasteiger partial charge is 0.261 e. The van der Waals surface area contributed by atoms with Gasteiger partial charge in [-0.3, -0.25) is 4.79 Å². The van der Waals surface area contributed by atoms with Crippen LogP contribution in [0.3, 0.4) is 0 Å². The number of allylic oxidation sites excluding steroid dienone is 1. The second-order valence-corrected chi connectivity index (χ2v) is 5.94. The molecule has 0 unspecified atom stereocenters. The first-order valence-electron chi connectivity index (χ1n) is 6.96. The van der Waals surface area contributed by atoms with E-state index in [1.54, 1.807) is 54.6 Å².